The van der Waals surface area contributed by atoms with Gasteiger partial charge >= 0.3 is 12.4 Å². The number of benzene rings is 1. The number of halogens is 7. The van der Waals surface area contributed by atoms with Gasteiger partial charge in [-0.3, -0.25) is 4.39 Å². The monoisotopic (exact) mass is 452 g/mol. The van der Waals surface area contributed by atoms with E-state index in [0.717, 1.165) is 24.3 Å². The molecule has 10 heteroatoms. The summed E-state index contributed by atoms with van der Waals surface area (Å²) in [6, 6.07) is 5.10. The number of aromatic nitrogens is 1. The van der Waals surface area contributed by atoms with E-state index in [2.05, 4.69) is 10.3 Å². The molecule has 0 aliphatic carbocycles. The summed E-state index contributed by atoms with van der Waals surface area (Å²) < 4.78 is 91.1. The summed E-state index contributed by atoms with van der Waals surface area (Å²) in [5.74, 6) is 0. The van der Waals surface area contributed by atoms with Crippen LogP contribution in [0.15, 0.2) is 36.4 Å². The van der Waals surface area contributed by atoms with Crippen LogP contribution in [0.4, 0.5) is 30.7 Å². The third kappa shape index (κ3) is 7.17. The molecule has 0 fully saturated rings. The quantitative estimate of drug-likeness (QED) is 0.347. The van der Waals surface area contributed by atoms with Gasteiger partial charge in [0, 0.05) is 11.1 Å². The van der Waals surface area contributed by atoms with Crippen molar-refractivity contribution in [1.82, 2.24) is 10.3 Å². The van der Waals surface area contributed by atoms with Gasteiger partial charge in [-0.15, -0.1) is 0 Å². The Morgan fingerprint density at radius 3 is 2.03 bits per heavy atom. The van der Waals surface area contributed by atoms with Crippen molar-refractivity contribution in [3.63, 3.8) is 0 Å². The first kappa shape index (κ1) is 25.1. The zero-order valence-corrected chi connectivity index (χ0v) is 16.5. The Hall–Kier alpha value is -2.20. The average Bonchev–Trinajstić information content (AvgIpc) is 2.72. The summed E-state index contributed by atoms with van der Waals surface area (Å²) in [5, 5.41) is 12.4. The summed E-state index contributed by atoms with van der Waals surface area (Å²) in [7, 11) is 0. The van der Waals surface area contributed by atoms with Gasteiger partial charge in [-0.05, 0) is 37.6 Å². The van der Waals surface area contributed by atoms with Gasteiger partial charge in [-0.2, -0.15) is 26.3 Å². The van der Waals surface area contributed by atoms with E-state index in [1.807, 2.05) is 0 Å². The van der Waals surface area contributed by atoms with Crippen LogP contribution in [0.3, 0.4) is 0 Å². The highest BCUT2D eigenvalue weighted by atomic mass is 19.4. The molecule has 2 N–H and O–H groups in total. The second-order valence-corrected chi connectivity index (χ2v) is 7.00. The minimum atomic E-state index is -4.83. The van der Waals surface area contributed by atoms with Gasteiger partial charge in [-0.1, -0.05) is 31.0 Å². The van der Waals surface area contributed by atoms with Crippen LogP contribution in [-0.4, -0.2) is 29.9 Å². The molecular formula is C21H23F7N2O. The molecule has 1 atom stereocenters. The Labute approximate surface area is 175 Å². The maximum absolute atomic E-state index is 13.6. The van der Waals surface area contributed by atoms with Gasteiger partial charge in [-0.25, -0.2) is 4.98 Å². The molecule has 1 heterocycles. The van der Waals surface area contributed by atoms with Crippen LogP contribution in [0.1, 0.15) is 48.5 Å². The second-order valence-electron chi connectivity index (χ2n) is 7.00. The molecule has 2 aromatic rings. The highest BCUT2D eigenvalue weighted by Gasteiger charge is 2.37. The van der Waals surface area contributed by atoms with Crippen LogP contribution >= 0.6 is 0 Å². The molecule has 0 saturated carbocycles. The Morgan fingerprint density at radius 2 is 1.48 bits per heavy atom. The van der Waals surface area contributed by atoms with E-state index in [-0.39, 0.29) is 16.8 Å². The fourth-order valence-corrected chi connectivity index (χ4v) is 3.09. The Morgan fingerprint density at radius 1 is 0.839 bits per heavy atom. The zero-order valence-electron chi connectivity index (χ0n) is 16.5. The minimum Gasteiger partial charge on any atom is -0.394 e. The number of hydrogen-bond acceptors (Lipinski definition) is 3. The number of aliphatic hydroxyl groups excluding tert-OH is 1. The topological polar surface area (TPSA) is 45.1 Å². The molecule has 1 aromatic heterocycles. The Bertz CT molecular complexity index is 820. The largest absolute Gasteiger partial charge is 0.433 e. The molecule has 0 saturated heterocycles. The summed E-state index contributed by atoms with van der Waals surface area (Å²) in [6.07, 6.45) is -6.98. The van der Waals surface area contributed by atoms with Crippen LogP contribution in [0.5, 0.6) is 0 Å². The molecule has 0 amide bonds. The summed E-state index contributed by atoms with van der Waals surface area (Å²) in [4.78, 5) is 3.64. The van der Waals surface area contributed by atoms with Gasteiger partial charge in [0.2, 0.25) is 0 Å². The first-order valence-electron chi connectivity index (χ1n) is 9.74. The van der Waals surface area contributed by atoms with Gasteiger partial charge in [0.15, 0.2) is 0 Å². The molecule has 0 bridgehead atoms. The first-order valence-corrected chi connectivity index (χ1v) is 9.74. The molecule has 2 rings (SSSR count). The van der Waals surface area contributed by atoms with Gasteiger partial charge < -0.3 is 10.4 Å². The summed E-state index contributed by atoms with van der Waals surface area (Å²) in [6.45, 7) is -0.692. The molecule has 31 heavy (non-hydrogen) atoms. The lowest BCUT2D eigenvalue weighted by atomic mass is 10.0. The highest BCUT2D eigenvalue weighted by molar-refractivity contribution is 5.60. The van der Waals surface area contributed by atoms with Crippen molar-refractivity contribution in [2.45, 2.75) is 44.1 Å². The fourth-order valence-electron chi connectivity index (χ4n) is 3.09. The average molecular weight is 452 g/mol. The number of nitrogens with zero attached hydrogens (tertiary/aromatic N) is 1. The number of pyridine rings is 1. The molecule has 0 aliphatic heterocycles. The van der Waals surface area contributed by atoms with Crippen molar-refractivity contribution >= 4 is 0 Å². The van der Waals surface area contributed by atoms with E-state index >= 15 is 0 Å². The molecule has 3 nitrogen and oxygen atoms in total. The fraction of sp³-hybridized carbons (Fsp3) is 0.476. The third-order valence-electron chi connectivity index (χ3n) is 4.71. The number of nitrogens with one attached hydrogen (secondary N) is 1. The SMILES string of the molecule is OC[C@H](NCCCCCCF)c1ccc(-c2ccc(C(F)(F)F)cc2)nc1C(F)(F)F. The van der Waals surface area contributed by atoms with Gasteiger partial charge in [0.25, 0.3) is 0 Å². The van der Waals surface area contributed by atoms with E-state index < -0.39 is 42.9 Å². The lowest BCUT2D eigenvalue weighted by molar-refractivity contribution is -0.142. The molecular weight excluding hydrogens is 429 g/mol. The minimum absolute atomic E-state index is 0.103. The van der Waals surface area contributed by atoms with Crippen LogP contribution < -0.4 is 5.32 Å². The lowest BCUT2D eigenvalue weighted by Crippen LogP contribution is -2.28. The van der Waals surface area contributed by atoms with Crippen molar-refractivity contribution in [1.29, 1.82) is 0 Å². The molecule has 1 aromatic carbocycles. The molecule has 0 spiro atoms. The van der Waals surface area contributed by atoms with E-state index in [9.17, 15) is 35.8 Å². The van der Waals surface area contributed by atoms with E-state index in [4.69, 9.17) is 0 Å². The van der Waals surface area contributed by atoms with Crippen molar-refractivity contribution in [2.24, 2.45) is 0 Å². The highest BCUT2D eigenvalue weighted by Crippen LogP contribution is 2.36. The predicted octanol–water partition coefficient (Wildman–Crippen LogP) is 5.94. The number of unbranched alkanes of at least 4 members (excludes halogenated alkanes) is 3. The number of rotatable bonds is 10. The van der Waals surface area contributed by atoms with Crippen LogP contribution in [0.25, 0.3) is 11.3 Å². The normalized spacial score (nSPS) is 13.4. The zero-order chi connectivity index (χ0) is 23.1. The Balaban J connectivity index is 2.24. The first-order chi connectivity index (χ1) is 14.6. The van der Waals surface area contributed by atoms with E-state index in [1.54, 1.807) is 0 Å². The van der Waals surface area contributed by atoms with Crippen LogP contribution in [0, 0.1) is 0 Å². The number of alkyl halides is 7. The predicted molar refractivity (Wildman–Crippen MR) is 102 cm³/mol. The number of aliphatic hydroxyl groups is 1. The molecule has 0 radical (unpaired) electrons. The van der Waals surface area contributed by atoms with Crippen LogP contribution in [-0.2, 0) is 12.4 Å². The maximum atomic E-state index is 13.6. The summed E-state index contributed by atoms with van der Waals surface area (Å²) in [5.41, 5.74) is -2.41. The smallest absolute Gasteiger partial charge is 0.394 e. The standard InChI is InChI=1S/C21H23F7N2O/c22-11-3-1-2-4-12-29-18(13-31)16-9-10-17(30-19(16)21(26,27)28)14-5-7-15(8-6-14)20(23,24)25/h5-10,18,29,31H,1-4,11-13H2/t18-/m0/s1. The Kier molecular flexibility index (Phi) is 8.81. The van der Waals surface area contributed by atoms with Gasteiger partial charge in [0.1, 0.15) is 5.69 Å². The van der Waals surface area contributed by atoms with E-state index in [1.165, 1.54) is 12.1 Å². The lowest BCUT2D eigenvalue weighted by Gasteiger charge is -2.21. The molecule has 172 valence electrons. The van der Waals surface area contributed by atoms with Crippen molar-refractivity contribution in [3.05, 3.63) is 53.2 Å². The summed E-state index contributed by atoms with van der Waals surface area (Å²) >= 11 is 0. The van der Waals surface area contributed by atoms with Gasteiger partial charge in [0.05, 0.1) is 30.6 Å². The van der Waals surface area contributed by atoms with Crippen LogP contribution in [0.2, 0.25) is 0 Å². The second kappa shape index (κ2) is 10.9. The number of hydrogen-bond donors (Lipinski definition) is 2. The van der Waals surface area contributed by atoms with Crippen molar-refractivity contribution < 1.29 is 35.8 Å². The molecule has 0 unspecified atom stereocenters. The maximum Gasteiger partial charge on any atom is 0.433 e. The van der Waals surface area contributed by atoms with Crippen molar-refractivity contribution in [2.75, 3.05) is 19.8 Å². The molecule has 0 aliphatic rings. The third-order valence-corrected chi connectivity index (χ3v) is 4.71. The van der Waals surface area contributed by atoms with Crippen molar-refractivity contribution in [3.8, 4) is 11.3 Å². The van der Waals surface area contributed by atoms with E-state index in [0.29, 0.717) is 32.2 Å².